The van der Waals surface area contributed by atoms with Gasteiger partial charge in [-0.05, 0) is 25.7 Å². The average Bonchev–Trinajstić information content (AvgIpc) is 1.95. The molecule has 1 fully saturated rings. The highest BCUT2D eigenvalue weighted by molar-refractivity contribution is 5.85. The van der Waals surface area contributed by atoms with Gasteiger partial charge in [0.1, 0.15) is 6.10 Å². The van der Waals surface area contributed by atoms with Crippen molar-refractivity contribution in [1.82, 2.24) is 0 Å². The van der Waals surface area contributed by atoms with Gasteiger partial charge in [-0.1, -0.05) is 0 Å². The first kappa shape index (κ1) is 10.7. The van der Waals surface area contributed by atoms with Crippen LogP contribution in [0.4, 0.5) is 0 Å². The van der Waals surface area contributed by atoms with E-state index < -0.39 is 0 Å². The molecule has 0 amide bonds. The van der Waals surface area contributed by atoms with Crippen molar-refractivity contribution in [3.8, 4) is 0 Å². The molecule has 0 radical (unpaired) electrons. The number of hydrogen-bond donors (Lipinski definition) is 1. The zero-order chi connectivity index (χ0) is 7.40. The van der Waals surface area contributed by atoms with Crippen molar-refractivity contribution in [1.29, 1.82) is 0 Å². The molecule has 0 spiro atoms. The van der Waals surface area contributed by atoms with Gasteiger partial charge in [0.2, 0.25) is 0 Å². The molecular formula is C7H14ClNO2. The zero-order valence-electron chi connectivity index (χ0n) is 6.36. The van der Waals surface area contributed by atoms with Crippen molar-refractivity contribution in [2.45, 2.75) is 37.8 Å². The fourth-order valence-corrected chi connectivity index (χ4v) is 1.30. The molecule has 0 heterocycles. The Hall–Kier alpha value is -0.280. The van der Waals surface area contributed by atoms with Crippen LogP contribution in [0.3, 0.4) is 0 Å². The van der Waals surface area contributed by atoms with Gasteiger partial charge in [-0.2, -0.15) is 0 Å². The Kier molecular flexibility index (Phi) is 5.24. The summed E-state index contributed by atoms with van der Waals surface area (Å²) in [6.45, 7) is 0.529. The maximum absolute atomic E-state index is 9.90. The van der Waals surface area contributed by atoms with E-state index in [1.165, 1.54) is 0 Å². The third-order valence-corrected chi connectivity index (χ3v) is 1.97. The summed E-state index contributed by atoms with van der Waals surface area (Å²) in [5.41, 5.74) is 5.65. The summed E-state index contributed by atoms with van der Waals surface area (Å²) in [5, 5.41) is 0. The normalized spacial score (nSPS) is 30.3. The summed E-state index contributed by atoms with van der Waals surface area (Å²) in [6.07, 6.45) is 3.97. The monoisotopic (exact) mass is 179 g/mol. The van der Waals surface area contributed by atoms with E-state index in [0.29, 0.717) is 12.5 Å². The molecule has 66 valence electrons. The van der Waals surface area contributed by atoms with E-state index in [9.17, 15) is 4.79 Å². The lowest BCUT2D eigenvalue weighted by Crippen LogP contribution is -2.29. The number of carbonyl (C=O) groups excluding carboxylic acids is 1. The summed E-state index contributed by atoms with van der Waals surface area (Å²) in [4.78, 5) is 9.90. The molecule has 4 heteroatoms. The number of rotatable bonds is 2. The van der Waals surface area contributed by atoms with Crippen molar-refractivity contribution in [2.24, 2.45) is 5.73 Å². The lowest BCUT2D eigenvalue weighted by molar-refractivity contribution is -0.135. The molecule has 0 aromatic heterocycles. The maximum Gasteiger partial charge on any atom is 0.293 e. The van der Waals surface area contributed by atoms with Crippen molar-refractivity contribution in [2.75, 3.05) is 0 Å². The van der Waals surface area contributed by atoms with Crippen LogP contribution in [0.2, 0.25) is 0 Å². The second kappa shape index (κ2) is 5.38. The number of halogens is 1. The van der Waals surface area contributed by atoms with Crippen molar-refractivity contribution >= 4 is 18.9 Å². The topological polar surface area (TPSA) is 52.3 Å². The van der Waals surface area contributed by atoms with E-state index in [4.69, 9.17) is 10.5 Å². The molecular weight excluding hydrogens is 166 g/mol. The molecule has 0 unspecified atom stereocenters. The van der Waals surface area contributed by atoms with Gasteiger partial charge < -0.3 is 10.5 Å². The van der Waals surface area contributed by atoms with Crippen LogP contribution in [0, 0.1) is 0 Å². The third kappa shape index (κ3) is 3.58. The molecule has 1 rings (SSSR count). The summed E-state index contributed by atoms with van der Waals surface area (Å²) in [7, 11) is 0. The van der Waals surface area contributed by atoms with Crippen LogP contribution in [0.25, 0.3) is 0 Å². The molecule has 0 aromatic carbocycles. The van der Waals surface area contributed by atoms with Crippen LogP contribution in [0.1, 0.15) is 25.7 Å². The Morgan fingerprint density at radius 2 is 1.82 bits per heavy atom. The highest BCUT2D eigenvalue weighted by atomic mass is 35.5. The standard InChI is InChI=1S/C7H13NO2.ClH/c8-6-1-3-7(4-2-6)10-5-9;/h5-7H,1-4,8H2;1H. The molecule has 3 nitrogen and oxygen atoms in total. The Labute approximate surface area is 72.7 Å². The minimum atomic E-state index is 0. The van der Waals surface area contributed by atoms with E-state index in [2.05, 4.69) is 0 Å². The summed E-state index contributed by atoms with van der Waals surface area (Å²) < 4.78 is 4.80. The van der Waals surface area contributed by atoms with Gasteiger partial charge >= 0.3 is 0 Å². The lowest BCUT2D eigenvalue weighted by atomic mass is 9.94. The summed E-state index contributed by atoms with van der Waals surface area (Å²) >= 11 is 0. The molecule has 0 aliphatic heterocycles. The van der Waals surface area contributed by atoms with Gasteiger partial charge in [-0.3, -0.25) is 4.79 Å². The van der Waals surface area contributed by atoms with Crippen LogP contribution in [-0.4, -0.2) is 18.6 Å². The first-order valence-electron chi connectivity index (χ1n) is 3.67. The van der Waals surface area contributed by atoms with E-state index >= 15 is 0 Å². The second-order valence-electron chi connectivity index (χ2n) is 2.77. The largest absolute Gasteiger partial charge is 0.465 e. The molecule has 0 saturated heterocycles. The Bertz CT molecular complexity index is 113. The minimum absolute atomic E-state index is 0. The van der Waals surface area contributed by atoms with E-state index in [-0.39, 0.29) is 18.5 Å². The third-order valence-electron chi connectivity index (χ3n) is 1.97. The molecule has 1 saturated carbocycles. The maximum atomic E-state index is 9.90. The van der Waals surface area contributed by atoms with Crippen LogP contribution in [0.15, 0.2) is 0 Å². The Balaban J connectivity index is 0.000001000. The zero-order valence-corrected chi connectivity index (χ0v) is 7.18. The molecule has 11 heavy (non-hydrogen) atoms. The van der Waals surface area contributed by atoms with E-state index in [1.807, 2.05) is 0 Å². The van der Waals surface area contributed by atoms with Crippen LogP contribution in [0.5, 0.6) is 0 Å². The van der Waals surface area contributed by atoms with Crippen LogP contribution in [-0.2, 0) is 9.53 Å². The SMILES string of the molecule is Cl.NC1CCC(OC=O)CC1. The number of ether oxygens (including phenoxy) is 1. The van der Waals surface area contributed by atoms with Crippen molar-refractivity contribution < 1.29 is 9.53 Å². The van der Waals surface area contributed by atoms with Gasteiger partial charge in [-0.25, -0.2) is 0 Å². The van der Waals surface area contributed by atoms with Gasteiger partial charge in [0.05, 0.1) is 0 Å². The average molecular weight is 180 g/mol. The van der Waals surface area contributed by atoms with Gasteiger partial charge in [0, 0.05) is 6.04 Å². The highest BCUT2D eigenvalue weighted by Gasteiger charge is 2.18. The fourth-order valence-electron chi connectivity index (χ4n) is 1.30. The molecule has 1 aliphatic rings. The van der Waals surface area contributed by atoms with Crippen molar-refractivity contribution in [3.63, 3.8) is 0 Å². The molecule has 2 N–H and O–H groups in total. The van der Waals surface area contributed by atoms with Crippen molar-refractivity contribution in [3.05, 3.63) is 0 Å². The van der Waals surface area contributed by atoms with Gasteiger partial charge in [-0.15, -0.1) is 12.4 Å². The Morgan fingerprint density at radius 1 is 1.27 bits per heavy atom. The summed E-state index contributed by atoms with van der Waals surface area (Å²) in [5.74, 6) is 0. The van der Waals surface area contributed by atoms with Crippen LogP contribution < -0.4 is 5.73 Å². The predicted molar refractivity (Wildman–Crippen MR) is 44.6 cm³/mol. The highest BCUT2D eigenvalue weighted by Crippen LogP contribution is 2.18. The quantitative estimate of drug-likeness (QED) is 0.640. The lowest BCUT2D eigenvalue weighted by Gasteiger charge is -2.24. The number of carbonyl (C=O) groups is 1. The van der Waals surface area contributed by atoms with Gasteiger partial charge in [0.25, 0.3) is 6.47 Å². The molecule has 0 aromatic rings. The van der Waals surface area contributed by atoms with E-state index in [1.54, 1.807) is 0 Å². The first-order valence-corrected chi connectivity index (χ1v) is 3.67. The van der Waals surface area contributed by atoms with Gasteiger partial charge in [0.15, 0.2) is 0 Å². The van der Waals surface area contributed by atoms with E-state index in [0.717, 1.165) is 25.7 Å². The smallest absolute Gasteiger partial charge is 0.293 e. The molecule has 0 atom stereocenters. The Morgan fingerprint density at radius 3 is 2.27 bits per heavy atom. The second-order valence-corrected chi connectivity index (χ2v) is 2.77. The molecule has 1 aliphatic carbocycles. The fraction of sp³-hybridized carbons (Fsp3) is 0.857. The van der Waals surface area contributed by atoms with Crippen LogP contribution >= 0.6 is 12.4 Å². The minimum Gasteiger partial charge on any atom is -0.465 e. The predicted octanol–water partition coefficient (Wildman–Crippen LogP) is 0.851. The number of nitrogens with two attached hydrogens (primary N) is 1. The molecule has 0 bridgehead atoms. The number of hydrogen-bond acceptors (Lipinski definition) is 3. The summed E-state index contributed by atoms with van der Waals surface area (Å²) in [6, 6.07) is 0.325. The first-order chi connectivity index (χ1) is 4.83.